The molecule has 5 heteroatoms. The molecule has 21 heavy (non-hydrogen) atoms. The van der Waals surface area contributed by atoms with Gasteiger partial charge in [-0.05, 0) is 35.7 Å². The molecule has 0 unspecified atom stereocenters. The maximum Gasteiger partial charge on any atom is 0.127 e. The fourth-order valence-corrected chi connectivity index (χ4v) is 3.54. The largest absolute Gasteiger partial charge is 0.207 e. The predicted octanol–water partition coefficient (Wildman–Crippen LogP) is 5.69. The molecule has 0 aliphatic heterocycles. The summed E-state index contributed by atoms with van der Waals surface area (Å²) in [6.45, 7) is 0. The highest BCUT2D eigenvalue weighted by atomic mass is 79.9. The summed E-state index contributed by atoms with van der Waals surface area (Å²) >= 11 is 15.6. The number of benzene rings is 2. The second-order valence-electron chi connectivity index (χ2n) is 4.94. The van der Waals surface area contributed by atoms with Gasteiger partial charge in [0.15, 0.2) is 0 Å². The molecule has 0 spiro atoms. The van der Waals surface area contributed by atoms with Crippen LogP contribution < -0.4 is 0 Å². The summed E-state index contributed by atoms with van der Waals surface area (Å²) in [6, 6.07) is 10.9. The highest BCUT2D eigenvalue weighted by Gasteiger charge is 2.34. The Kier molecular flexibility index (Phi) is 5.64. The first kappa shape index (κ1) is 16.7. The predicted molar refractivity (Wildman–Crippen MR) is 87.3 cm³/mol. The molecule has 0 radical (unpaired) electrons. The van der Waals surface area contributed by atoms with Crippen LogP contribution in [0.2, 0.25) is 0 Å². The molecule has 112 valence electrons. The highest BCUT2D eigenvalue weighted by molar-refractivity contribution is 9.10. The minimum Gasteiger partial charge on any atom is -0.207 e. The second kappa shape index (κ2) is 7.08. The molecular formula is C16H13BrCl2F2. The zero-order valence-electron chi connectivity index (χ0n) is 11.1. The average Bonchev–Trinajstić information content (AvgIpc) is 2.48. The van der Waals surface area contributed by atoms with Gasteiger partial charge >= 0.3 is 0 Å². The van der Waals surface area contributed by atoms with Crippen molar-refractivity contribution in [3.8, 4) is 0 Å². The normalized spacial score (nSPS) is 11.7. The van der Waals surface area contributed by atoms with E-state index in [2.05, 4.69) is 15.9 Å². The van der Waals surface area contributed by atoms with Crippen molar-refractivity contribution in [2.45, 2.75) is 11.8 Å². The number of hydrogen-bond acceptors (Lipinski definition) is 0. The summed E-state index contributed by atoms with van der Waals surface area (Å²) in [5.41, 5.74) is 0.571. The molecular weight excluding hydrogens is 381 g/mol. The average molecular weight is 394 g/mol. The van der Waals surface area contributed by atoms with E-state index in [4.69, 9.17) is 23.2 Å². The molecule has 0 heterocycles. The zero-order chi connectivity index (χ0) is 15.5. The monoisotopic (exact) mass is 392 g/mol. The SMILES string of the molecule is Fc1ccc(CC(CCl)(CCl)c2ccccc2F)c(Br)c1. The Hall–Kier alpha value is -0.640. The first-order chi connectivity index (χ1) is 10.0. The number of alkyl halides is 2. The lowest BCUT2D eigenvalue weighted by atomic mass is 9.78. The van der Waals surface area contributed by atoms with Crippen molar-refractivity contribution in [3.05, 3.63) is 69.7 Å². The molecule has 0 aliphatic carbocycles. The number of rotatable bonds is 5. The fraction of sp³-hybridized carbons (Fsp3) is 0.250. The van der Waals surface area contributed by atoms with Crippen LogP contribution in [0.25, 0.3) is 0 Å². The van der Waals surface area contributed by atoms with Gasteiger partial charge in [-0.2, -0.15) is 0 Å². The molecule has 0 aliphatic rings. The van der Waals surface area contributed by atoms with Gasteiger partial charge in [-0.25, -0.2) is 8.78 Å². The summed E-state index contributed by atoms with van der Waals surface area (Å²) in [5, 5.41) is 0. The molecule has 2 rings (SSSR count). The topological polar surface area (TPSA) is 0 Å². The summed E-state index contributed by atoms with van der Waals surface area (Å²) in [7, 11) is 0. The molecule has 0 bridgehead atoms. The summed E-state index contributed by atoms with van der Waals surface area (Å²) in [6.07, 6.45) is 0.418. The van der Waals surface area contributed by atoms with E-state index in [9.17, 15) is 8.78 Å². The Morgan fingerprint density at radius 1 is 1.00 bits per heavy atom. The first-order valence-corrected chi connectivity index (χ1v) is 8.19. The summed E-state index contributed by atoms with van der Waals surface area (Å²) in [5.74, 6) is -0.335. The maximum absolute atomic E-state index is 14.1. The smallest absolute Gasteiger partial charge is 0.127 e. The van der Waals surface area contributed by atoms with Crippen molar-refractivity contribution in [1.29, 1.82) is 0 Å². The second-order valence-corrected chi connectivity index (χ2v) is 6.33. The van der Waals surface area contributed by atoms with E-state index in [1.165, 1.54) is 18.2 Å². The van der Waals surface area contributed by atoms with Crippen LogP contribution >= 0.6 is 39.1 Å². The Labute approximate surface area is 141 Å². The molecule has 2 aromatic carbocycles. The van der Waals surface area contributed by atoms with Gasteiger partial charge in [-0.15, -0.1) is 23.2 Å². The molecule has 0 nitrogen and oxygen atoms in total. The van der Waals surface area contributed by atoms with E-state index >= 15 is 0 Å². The van der Waals surface area contributed by atoms with E-state index in [1.54, 1.807) is 24.3 Å². The number of hydrogen-bond donors (Lipinski definition) is 0. The summed E-state index contributed by atoms with van der Waals surface area (Å²) in [4.78, 5) is 0. The van der Waals surface area contributed by atoms with E-state index in [-0.39, 0.29) is 23.4 Å². The van der Waals surface area contributed by atoms with Gasteiger partial charge < -0.3 is 0 Å². The van der Waals surface area contributed by atoms with Crippen LogP contribution in [-0.4, -0.2) is 11.8 Å². The van der Waals surface area contributed by atoms with Gasteiger partial charge in [-0.1, -0.05) is 40.2 Å². The standard InChI is InChI=1S/C16H13BrCl2F2/c17-14-7-12(20)6-5-11(14)8-16(9-18,10-19)13-3-1-2-4-15(13)21/h1-7H,8-10H2. The third kappa shape index (κ3) is 3.58. The van der Waals surface area contributed by atoms with Crippen LogP contribution in [0.5, 0.6) is 0 Å². The van der Waals surface area contributed by atoms with Gasteiger partial charge in [-0.3, -0.25) is 0 Å². The number of halogens is 5. The van der Waals surface area contributed by atoms with Gasteiger partial charge in [0, 0.05) is 21.6 Å². The lowest BCUT2D eigenvalue weighted by molar-refractivity contribution is 0.489. The van der Waals surface area contributed by atoms with Crippen molar-refractivity contribution in [3.63, 3.8) is 0 Å². The van der Waals surface area contributed by atoms with Gasteiger partial charge in [0.2, 0.25) is 0 Å². The van der Waals surface area contributed by atoms with E-state index in [1.807, 2.05) is 0 Å². The van der Waals surface area contributed by atoms with E-state index in [0.29, 0.717) is 16.5 Å². The quantitative estimate of drug-likeness (QED) is 0.572. The molecule has 0 saturated carbocycles. The lowest BCUT2D eigenvalue weighted by Crippen LogP contribution is -2.34. The van der Waals surface area contributed by atoms with Gasteiger partial charge in [0.25, 0.3) is 0 Å². The lowest BCUT2D eigenvalue weighted by Gasteiger charge is -2.31. The molecule has 0 N–H and O–H groups in total. The van der Waals surface area contributed by atoms with E-state index in [0.717, 1.165) is 5.56 Å². The molecule has 2 aromatic rings. The van der Waals surface area contributed by atoms with Crippen LogP contribution in [0.3, 0.4) is 0 Å². The maximum atomic E-state index is 14.1. The zero-order valence-corrected chi connectivity index (χ0v) is 14.2. The Morgan fingerprint density at radius 2 is 1.67 bits per heavy atom. The van der Waals surface area contributed by atoms with Gasteiger partial charge in [0.1, 0.15) is 11.6 Å². The molecule has 0 amide bonds. The van der Waals surface area contributed by atoms with Crippen LogP contribution in [0.1, 0.15) is 11.1 Å². The van der Waals surface area contributed by atoms with Crippen LogP contribution in [0, 0.1) is 11.6 Å². The highest BCUT2D eigenvalue weighted by Crippen LogP contribution is 2.35. The minimum absolute atomic E-state index is 0.168. The third-order valence-electron chi connectivity index (χ3n) is 3.50. The third-order valence-corrected chi connectivity index (χ3v) is 5.26. The van der Waals surface area contributed by atoms with Crippen molar-refractivity contribution in [2.75, 3.05) is 11.8 Å². The van der Waals surface area contributed by atoms with Crippen molar-refractivity contribution < 1.29 is 8.78 Å². The van der Waals surface area contributed by atoms with Gasteiger partial charge in [0.05, 0.1) is 0 Å². The Morgan fingerprint density at radius 3 is 2.24 bits per heavy atom. The Balaban J connectivity index is 2.46. The minimum atomic E-state index is -0.741. The van der Waals surface area contributed by atoms with Crippen LogP contribution in [-0.2, 0) is 11.8 Å². The molecule has 0 atom stereocenters. The Bertz CT molecular complexity index is 627. The van der Waals surface area contributed by atoms with Crippen molar-refractivity contribution in [1.82, 2.24) is 0 Å². The van der Waals surface area contributed by atoms with Crippen molar-refractivity contribution in [2.24, 2.45) is 0 Å². The summed E-state index contributed by atoms with van der Waals surface area (Å²) < 4.78 is 27.9. The van der Waals surface area contributed by atoms with E-state index < -0.39 is 5.41 Å². The fourth-order valence-electron chi connectivity index (χ4n) is 2.29. The first-order valence-electron chi connectivity index (χ1n) is 6.33. The van der Waals surface area contributed by atoms with Crippen LogP contribution in [0.4, 0.5) is 8.78 Å². The molecule has 0 fully saturated rings. The van der Waals surface area contributed by atoms with Crippen molar-refractivity contribution >= 4 is 39.1 Å². The molecule has 0 aromatic heterocycles. The molecule has 0 saturated heterocycles. The van der Waals surface area contributed by atoms with Crippen LogP contribution in [0.15, 0.2) is 46.9 Å².